The SMILES string of the molecule is CCn1c(SCc2ccccc2Cl)nnc1C1CCCC1. The maximum atomic E-state index is 6.22. The molecule has 0 unspecified atom stereocenters. The molecule has 0 aliphatic heterocycles. The lowest BCUT2D eigenvalue weighted by molar-refractivity contribution is 0.576. The smallest absolute Gasteiger partial charge is 0.191 e. The van der Waals surface area contributed by atoms with Crippen LogP contribution in [0.3, 0.4) is 0 Å². The minimum Gasteiger partial charge on any atom is -0.306 e. The van der Waals surface area contributed by atoms with Gasteiger partial charge in [-0.05, 0) is 31.4 Å². The van der Waals surface area contributed by atoms with E-state index >= 15 is 0 Å². The highest BCUT2D eigenvalue weighted by Gasteiger charge is 2.24. The van der Waals surface area contributed by atoms with E-state index in [1.807, 2.05) is 18.2 Å². The molecule has 0 N–H and O–H groups in total. The van der Waals surface area contributed by atoms with Crippen molar-refractivity contribution in [3.05, 3.63) is 40.7 Å². The van der Waals surface area contributed by atoms with Gasteiger partial charge in [-0.15, -0.1) is 10.2 Å². The van der Waals surface area contributed by atoms with Gasteiger partial charge in [0, 0.05) is 23.2 Å². The Morgan fingerprint density at radius 2 is 2.00 bits per heavy atom. The van der Waals surface area contributed by atoms with Crippen molar-refractivity contribution in [3.63, 3.8) is 0 Å². The highest BCUT2D eigenvalue weighted by molar-refractivity contribution is 7.98. The maximum Gasteiger partial charge on any atom is 0.191 e. The molecular weight excluding hydrogens is 302 g/mol. The number of aromatic nitrogens is 3. The lowest BCUT2D eigenvalue weighted by atomic mass is 10.1. The predicted molar refractivity (Wildman–Crippen MR) is 87.9 cm³/mol. The molecule has 0 atom stereocenters. The van der Waals surface area contributed by atoms with Crippen molar-refractivity contribution in [2.75, 3.05) is 0 Å². The molecule has 1 aromatic heterocycles. The molecular formula is C16H20ClN3S. The Balaban J connectivity index is 1.75. The van der Waals surface area contributed by atoms with Crippen LogP contribution in [0.15, 0.2) is 29.4 Å². The summed E-state index contributed by atoms with van der Waals surface area (Å²) in [6.45, 7) is 3.10. The van der Waals surface area contributed by atoms with E-state index in [2.05, 4.69) is 27.8 Å². The lowest BCUT2D eigenvalue weighted by Gasteiger charge is -2.11. The Morgan fingerprint density at radius 3 is 2.71 bits per heavy atom. The fourth-order valence-electron chi connectivity index (χ4n) is 2.95. The van der Waals surface area contributed by atoms with E-state index in [-0.39, 0.29) is 0 Å². The van der Waals surface area contributed by atoms with Gasteiger partial charge in [0.05, 0.1) is 0 Å². The van der Waals surface area contributed by atoms with Gasteiger partial charge >= 0.3 is 0 Å². The van der Waals surface area contributed by atoms with E-state index in [1.54, 1.807) is 11.8 Å². The number of halogens is 1. The van der Waals surface area contributed by atoms with E-state index < -0.39 is 0 Å². The Labute approximate surface area is 135 Å². The first-order valence-corrected chi connectivity index (χ1v) is 8.95. The molecule has 1 heterocycles. The van der Waals surface area contributed by atoms with Crippen LogP contribution in [0.5, 0.6) is 0 Å². The minimum absolute atomic E-state index is 0.604. The van der Waals surface area contributed by atoms with Crippen LogP contribution in [-0.4, -0.2) is 14.8 Å². The molecule has 3 rings (SSSR count). The van der Waals surface area contributed by atoms with Gasteiger partial charge < -0.3 is 4.57 Å². The highest BCUT2D eigenvalue weighted by Crippen LogP contribution is 2.35. The van der Waals surface area contributed by atoms with Gasteiger partial charge in [-0.1, -0.05) is 54.4 Å². The second-order valence-electron chi connectivity index (χ2n) is 5.45. The second-order valence-corrected chi connectivity index (χ2v) is 6.80. The first-order valence-electron chi connectivity index (χ1n) is 7.59. The number of thioether (sulfide) groups is 1. The lowest BCUT2D eigenvalue weighted by Crippen LogP contribution is -2.06. The van der Waals surface area contributed by atoms with Gasteiger partial charge in [0.15, 0.2) is 5.16 Å². The number of nitrogens with zero attached hydrogens (tertiary/aromatic N) is 3. The molecule has 2 aromatic rings. The molecule has 3 nitrogen and oxygen atoms in total. The van der Waals surface area contributed by atoms with Crippen LogP contribution in [0.2, 0.25) is 5.02 Å². The first kappa shape index (κ1) is 14.9. The standard InChI is InChI=1S/C16H20ClN3S/c1-2-20-15(12-7-3-4-8-12)18-19-16(20)21-11-13-9-5-6-10-14(13)17/h5-6,9-10,12H,2-4,7-8,11H2,1H3. The summed E-state index contributed by atoms with van der Waals surface area (Å²) in [6.07, 6.45) is 5.16. The van der Waals surface area contributed by atoms with Gasteiger partial charge in [-0.3, -0.25) is 0 Å². The molecule has 21 heavy (non-hydrogen) atoms. The van der Waals surface area contributed by atoms with Crippen LogP contribution in [0.4, 0.5) is 0 Å². The van der Waals surface area contributed by atoms with E-state index in [4.69, 9.17) is 11.6 Å². The monoisotopic (exact) mass is 321 g/mol. The predicted octanol–water partition coefficient (Wildman–Crippen LogP) is 4.90. The first-order chi connectivity index (χ1) is 10.3. The quantitative estimate of drug-likeness (QED) is 0.734. The minimum atomic E-state index is 0.604. The average molecular weight is 322 g/mol. The van der Waals surface area contributed by atoms with Crippen molar-refractivity contribution < 1.29 is 0 Å². The Hall–Kier alpha value is -1.00. The van der Waals surface area contributed by atoms with Crippen LogP contribution in [0.1, 0.15) is 49.9 Å². The zero-order valence-electron chi connectivity index (χ0n) is 12.3. The fourth-order valence-corrected chi connectivity index (χ4v) is 4.24. The topological polar surface area (TPSA) is 30.7 Å². The molecule has 1 fully saturated rings. The molecule has 0 bridgehead atoms. The third-order valence-corrected chi connectivity index (χ3v) is 5.48. The zero-order chi connectivity index (χ0) is 14.7. The van der Waals surface area contributed by atoms with Crippen molar-refractivity contribution in [3.8, 4) is 0 Å². The molecule has 0 amide bonds. The molecule has 0 saturated heterocycles. The molecule has 0 spiro atoms. The third-order valence-electron chi connectivity index (χ3n) is 4.10. The summed E-state index contributed by atoms with van der Waals surface area (Å²) in [5, 5.41) is 10.7. The van der Waals surface area contributed by atoms with Crippen LogP contribution in [0, 0.1) is 0 Å². The van der Waals surface area contributed by atoms with Crippen LogP contribution < -0.4 is 0 Å². The largest absolute Gasteiger partial charge is 0.306 e. The number of rotatable bonds is 5. The third kappa shape index (κ3) is 3.27. The molecule has 5 heteroatoms. The van der Waals surface area contributed by atoms with Gasteiger partial charge in [-0.2, -0.15) is 0 Å². The van der Waals surface area contributed by atoms with Crippen molar-refractivity contribution in [2.45, 2.75) is 56.0 Å². The Bertz CT molecular complexity index is 605. The van der Waals surface area contributed by atoms with Gasteiger partial charge in [0.1, 0.15) is 5.82 Å². The molecule has 1 saturated carbocycles. The maximum absolute atomic E-state index is 6.22. The molecule has 0 radical (unpaired) electrons. The van der Waals surface area contributed by atoms with Gasteiger partial charge in [0.25, 0.3) is 0 Å². The number of benzene rings is 1. The second kappa shape index (κ2) is 6.84. The average Bonchev–Trinajstić information content (AvgIpc) is 3.15. The zero-order valence-corrected chi connectivity index (χ0v) is 13.8. The van der Waals surface area contributed by atoms with Crippen molar-refractivity contribution in [2.24, 2.45) is 0 Å². The van der Waals surface area contributed by atoms with Gasteiger partial charge in [0.2, 0.25) is 0 Å². The normalized spacial score (nSPS) is 15.7. The van der Waals surface area contributed by atoms with Crippen LogP contribution in [-0.2, 0) is 12.3 Å². The fraction of sp³-hybridized carbons (Fsp3) is 0.500. The summed E-state index contributed by atoms with van der Waals surface area (Å²) < 4.78 is 2.28. The summed E-state index contributed by atoms with van der Waals surface area (Å²) in [5.74, 6) is 2.62. The molecule has 1 aliphatic rings. The van der Waals surface area contributed by atoms with E-state index in [0.29, 0.717) is 5.92 Å². The van der Waals surface area contributed by atoms with E-state index in [9.17, 15) is 0 Å². The van der Waals surface area contributed by atoms with Crippen molar-refractivity contribution in [1.29, 1.82) is 0 Å². The summed E-state index contributed by atoms with van der Waals surface area (Å²) in [7, 11) is 0. The van der Waals surface area contributed by atoms with Crippen molar-refractivity contribution in [1.82, 2.24) is 14.8 Å². The summed E-state index contributed by atoms with van der Waals surface area (Å²) in [6, 6.07) is 7.99. The highest BCUT2D eigenvalue weighted by atomic mass is 35.5. The summed E-state index contributed by atoms with van der Waals surface area (Å²) >= 11 is 7.94. The Kier molecular flexibility index (Phi) is 4.86. The molecule has 1 aliphatic carbocycles. The van der Waals surface area contributed by atoms with Crippen LogP contribution in [0.25, 0.3) is 0 Å². The van der Waals surface area contributed by atoms with Crippen molar-refractivity contribution >= 4 is 23.4 Å². The molecule has 112 valence electrons. The molecule has 1 aromatic carbocycles. The van der Waals surface area contributed by atoms with E-state index in [0.717, 1.165) is 28.0 Å². The van der Waals surface area contributed by atoms with Gasteiger partial charge in [-0.25, -0.2) is 0 Å². The summed E-state index contributed by atoms with van der Waals surface area (Å²) in [4.78, 5) is 0. The number of hydrogen-bond acceptors (Lipinski definition) is 3. The number of hydrogen-bond donors (Lipinski definition) is 0. The van der Waals surface area contributed by atoms with Crippen LogP contribution >= 0.6 is 23.4 Å². The Morgan fingerprint density at radius 1 is 1.24 bits per heavy atom. The summed E-state index contributed by atoms with van der Waals surface area (Å²) in [5.41, 5.74) is 1.15. The van der Waals surface area contributed by atoms with E-state index in [1.165, 1.54) is 31.5 Å².